The first-order valence-electron chi connectivity index (χ1n) is 12.0. The van der Waals surface area contributed by atoms with Gasteiger partial charge in [-0.05, 0) is 75.6 Å². The Balaban J connectivity index is 1.40. The van der Waals surface area contributed by atoms with Crippen LogP contribution in [0.15, 0.2) is 12.1 Å². The van der Waals surface area contributed by atoms with Crippen molar-refractivity contribution in [1.29, 1.82) is 0 Å². The van der Waals surface area contributed by atoms with Crippen LogP contribution < -0.4 is 14.8 Å². The maximum Gasteiger partial charge on any atom is 0.163 e. The fourth-order valence-corrected chi connectivity index (χ4v) is 4.79. The van der Waals surface area contributed by atoms with E-state index in [9.17, 15) is 0 Å². The van der Waals surface area contributed by atoms with Crippen molar-refractivity contribution >= 4 is 16.6 Å². The van der Waals surface area contributed by atoms with Crippen LogP contribution in [0.25, 0.3) is 10.9 Å². The van der Waals surface area contributed by atoms with Gasteiger partial charge in [0.05, 0.1) is 31.5 Å². The van der Waals surface area contributed by atoms with Crippen molar-refractivity contribution in [2.45, 2.75) is 51.6 Å². The number of hydrogen-bond acceptors (Lipinski definition) is 6. The highest BCUT2D eigenvalue weighted by Gasteiger charge is 2.24. The van der Waals surface area contributed by atoms with Gasteiger partial charge in [-0.3, -0.25) is 0 Å². The van der Waals surface area contributed by atoms with Gasteiger partial charge in [0.25, 0.3) is 0 Å². The van der Waals surface area contributed by atoms with Crippen molar-refractivity contribution in [2.75, 3.05) is 51.8 Å². The molecule has 6 heteroatoms. The molecule has 1 N–H and O–H groups in total. The second-order valence-corrected chi connectivity index (χ2v) is 9.16. The summed E-state index contributed by atoms with van der Waals surface area (Å²) >= 11 is 0. The van der Waals surface area contributed by atoms with Crippen molar-refractivity contribution in [2.24, 2.45) is 5.92 Å². The lowest BCUT2D eigenvalue weighted by Gasteiger charge is -2.19. The molecule has 1 saturated carbocycles. The third-order valence-corrected chi connectivity index (χ3v) is 6.75. The molecule has 1 aromatic carbocycles. The quantitative estimate of drug-likeness (QED) is 0.601. The van der Waals surface area contributed by atoms with E-state index < -0.39 is 0 Å². The molecule has 0 amide bonds. The molecule has 6 nitrogen and oxygen atoms in total. The van der Waals surface area contributed by atoms with E-state index in [1.165, 1.54) is 50.0 Å². The molecule has 1 saturated heterocycles. The summed E-state index contributed by atoms with van der Waals surface area (Å²) in [6.07, 6.45) is 8.39. The Morgan fingerprint density at radius 3 is 2.84 bits per heavy atom. The summed E-state index contributed by atoms with van der Waals surface area (Å²) in [4.78, 5) is 7.52. The molecular weight excluding hydrogens is 390 g/mol. The summed E-state index contributed by atoms with van der Waals surface area (Å²) in [5.74, 6) is 2.38. The number of pyridine rings is 1. The van der Waals surface area contributed by atoms with E-state index in [-0.39, 0.29) is 0 Å². The molecule has 1 aromatic heterocycles. The Bertz CT molecular complexity index is 907. The van der Waals surface area contributed by atoms with Crippen LogP contribution in [0.3, 0.4) is 0 Å². The first kappa shape index (κ1) is 20.8. The van der Waals surface area contributed by atoms with Crippen molar-refractivity contribution in [3.05, 3.63) is 23.4 Å². The predicted molar refractivity (Wildman–Crippen MR) is 123 cm³/mol. The maximum atomic E-state index is 6.17. The van der Waals surface area contributed by atoms with Gasteiger partial charge >= 0.3 is 0 Å². The summed E-state index contributed by atoms with van der Waals surface area (Å²) in [6, 6.07) is 4.16. The van der Waals surface area contributed by atoms with Crippen LogP contribution in [-0.2, 0) is 17.8 Å². The fourth-order valence-electron chi connectivity index (χ4n) is 4.79. The number of ether oxygens (including phenoxy) is 3. The lowest BCUT2D eigenvalue weighted by molar-refractivity contribution is 0.123. The Morgan fingerprint density at radius 2 is 2.03 bits per heavy atom. The highest BCUT2D eigenvalue weighted by molar-refractivity contribution is 5.95. The second-order valence-electron chi connectivity index (χ2n) is 9.16. The van der Waals surface area contributed by atoms with Gasteiger partial charge < -0.3 is 24.4 Å². The molecule has 0 atom stereocenters. The summed E-state index contributed by atoms with van der Waals surface area (Å²) < 4.78 is 17.7. The van der Waals surface area contributed by atoms with Crippen molar-refractivity contribution in [3.63, 3.8) is 0 Å². The van der Waals surface area contributed by atoms with Crippen molar-refractivity contribution < 1.29 is 14.2 Å². The largest absolute Gasteiger partial charge is 0.493 e. The molecule has 31 heavy (non-hydrogen) atoms. The lowest BCUT2D eigenvalue weighted by atomic mass is 10.0. The van der Waals surface area contributed by atoms with Gasteiger partial charge in [-0.1, -0.05) is 0 Å². The smallest absolute Gasteiger partial charge is 0.163 e. The van der Waals surface area contributed by atoms with E-state index in [0.717, 1.165) is 73.0 Å². The predicted octanol–water partition coefficient (Wildman–Crippen LogP) is 4.39. The van der Waals surface area contributed by atoms with E-state index >= 15 is 0 Å². The average molecular weight is 426 g/mol. The Kier molecular flexibility index (Phi) is 6.46. The molecule has 0 spiro atoms. The number of nitrogens with one attached hydrogen (secondary N) is 1. The number of rotatable bonds is 9. The lowest BCUT2D eigenvalue weighted by Crippen LogP contribution is -2.21. The van der Waals surface area contributed by atoms with Crippen LogP contribution >= 0.6 is 0 Å². The van der Waals surface area contributed by atoms with Crippen LogP contribution in [0.4, 0.5) is 5.69 Å². The number of likely N-dealkylation sites (tertiary alicyclic amines) is 1. The summed E-state index contributed by atoms with van der Waals surface area (Å²) in [5, 5.41) is 4.89. The molecule has 3 aliphatic rings. The van der Waals surface area contributed by atoms with Crippen LogP contribution in [0.2, 0.25) is 0 Å². The number of fused-ring (bicyclic) bond motifs is 2. The monoisotopic (exact) mass is 425 g/mol. The third-order valence-electron chi connectivity index (χ3n) is 6.75. The first-order chi connectivity index (χ1) is 15.3. The van der Waals surface area contributed by atoms with Crippen molar-refractivity contribution in [1.82, 2.24) is 9.88 Å². The normalized spacial score (nSPS) is 19.3. The number of nitrogens with zero attached hydrogens (tertiary/aromatic N) is 2. The van der Waals surface area contributed by atoms with E-state index in [1.807, 2.05) is 0 Å². The zero-order valence-electron chi connectivity index (χ0n) is 18.8. The van der Waals surface area contributed by atoms with E-state index in [0.29, 0.717) is 13.2 Å². The third kappa shape index (κ3) is 4.90. The molecule has 2 fully saturated rings. The van der Waals surface area contributed by atoms with Crippen LogP contribution in [0.1, 0.15) is 49.8 Å². The van der Waals surface area contributed by atoms with Gasteiger partial charge in [0, 0.05) is 36.8 Å². The van der Waals surface area contributed by atoms with Gasteiger partial charge in [0.1, 0.15) is 0 Å². The molecule has 2 aromatic rings. The molecule has 0 bridgehead atoms. The number of benzene rings is 1. The second kappa shape index (κ2) is 9.61. The molecule has 2 aliphatic heterocycles. The Labute approximate surface area is 185 Å². The fraction of sp³-hybridized carbons (Fsp3) is 0.640. The molecular formula is C25H35N3O3. The SMILES string of the molecule is COc1cc2c(NCC3CC3)c3c(nc2cc1OCCCN1CCCC1)COCCC3. The van der Waals surface area contributed by atoms with Crippen molar-refractivity contribution in [3.8, 4) is 11.5 Å². The van der Waals surface area contributed by atoms with Crippen LogP contribution in [0.5, 0.6) is 11.5 Å². The highest BCUT2D eigenvalue weighted by Crippen LogP contribution is 2.39. The molecule has 5 rings (SSSR count). The van der Waals surface area contributed by atoms with E-state index in [1.54, 1.807) is 7.11 Å². The van der Waals surface area contributed by atoms with E-state index in [4.69, 9.17) is 19.2 Å². The minimum absolute atomic E-state index is 0.585. The average Bonchev–Trinajstić information content (AvgIpc) is 3.53. The maximum absolute atomic E-state index is 6.17. The minimum Gasteiger partial charge on any atom is -0.493 e. The molecule has 0 unspecified atom stereocenters. The summed E-state index contributed by atoms with van der Waals surface area (Å²) in [6.45, 7) is 6.67. The van der Waals surface area contributed by atoms with Gasteiger partial charge in [-0.2, -0.15) is 0 Å². The van der Waals surface area contributed by atoms with Gasteiger partial charge in [0.15, 0.2) is 11.5 Å². The summed E-state index contributed by atoms with van der Waals surface area (Å²) in [7, 11) is 1.72. The molecule has 0 radical (unpaired) electrons. The zero-order valence-corrected chi connectivity index (χ0v) is 18.8. The number of aromatic nitrogens is 1. The highest BCUT2D eigenvalue weighted by atomic mass is 16.5. The molecule has 168 valence electrons. The van der Waals surface area contributed by atoms with Gasteiger partial charge in [-0.25, -0.2) is 4.98 Å². The topological polar surface area (TPSA) is 55.8 Å². The molecule has 1 aliphatic carbocycles. The number of hydrogen-bond donors (Lipinski definition) is 1. The first-order valence-corrected chi connectivity index (χ1v) is 12.0. The summed E-state index contributed by atoms with van der Waals surface area (Å²) in [5.41, 5.74) is 4.55. The van der Waals surface area contributed by atoms with Crippen LogP contribution in [0, 0.1) is 5.92 Å². The number of methoxy groups -OCH3 is 1. The van der Waals surface area contributed by atoms with Gasteiger partial charge in [0.2, 0.25) is 0 Å². The van der Waals surface area contributed by atoms with E-state index in [2.05, 4.69) is 22.3 Å². The Morgan fingerprint density at radius 1 is 1.16 bits per heavy atom. The minimum atomic E-state index is 0.585. The zero-order chi connectivity index (χ0) is 21.0. The standard InChI is InChI=1S/C25H35N3O3/c1-29-23-14-20-21(15-24(23)31-13-5-11-28-9-2-3-10-28)27-22-17-30-12-4-6-19(22)25(20)26-16-18-7-8-18/h14-15,18H,2-13,16-17H2,1H3,(H,26,27). The van der Waals surface area contributed by atoms with Crippen LogP contribution in [-0.4, -0.2) is 56.4 Å². The Hall–Kier alpha value is -2.05. The number of anilines is 1. The van der Waals surface area contributed by atoms with Gasteiger partial charge in [-0.15, -0.1) is 0 Å². The molecule has 3 heterocycles.